The predicted octanol–water partition coefficient (Wildman–Crippen LogP) is 1.17. The van der Waals surface area contributed by atoms with E-state index in [2.05, 4.69) is 12.2 Å². The van der Waals surface area contributed by atoms with Gasteiger partial charge in [-0.25, -0.2) is 0 Å². The van der Waals surface area contributed by atoms with Gasteiger partial charge in [-0.15, -0.1) is 0 Å². The number of rotatable bonds is 7. The summed E-state index contributed by atoms with van der Waals surface area (Å²) in [6, 6.07) is 15.5. The molecule has 0 unspecified atom stereocenters. The summed E-state index contributed by atoms with van der Waals surface area (Å²) in [6.07, 6.45) is 1.23. The maximum absolute atomic E-state index is 12.7. The zero-order chi connectivity index (χ0) is 20.6. The highest BCUT2D eigenvalue weighted by molar-refractivity contribution is 5.92. The van der Waals surface area contributed by atoms with Crippen LogP contribution >= 0.6 is 0 Å². The van der Waals surface area contributed by atoms with E-state index in [1.54, 1.807) is 7.11 Å². The van der Waals surface area contributed by atoms with Gasteiger partial charge in [0, 0.05) is 11.3 Å². The Morgan fingerprint density at radius 1 is 1.03 bits per heavy atom. The number of quaternary nitrogens is 1. The molecule has 0 aliphatic carbocycles. The lowest BCUT2D eigenvalue weighted by Crippen LogP contribution is -3.15. The molecule has 3 rings (SSSR count). The van der Waals surface area contributed by atoms with Crippen molar-refractivity contribution < 1.29 is 19.2 Å². The highest BCUT2D eigenvalue weighted by Gasteiger charge is 2.25. The van der Waals surface area contributed by atoms with Gasteiger partial charge in [0.05, 0.1) is 39.7 Å². The molecule has 2 N–H and O–H groups in total. The molecular formula is C23H30N3O3+. The van der Waals surface area contributed by atoms with Crippen molar-refractivity contribution in [1.29, 1.82) is 0 Å². The number of carbonyl (C=O) groups is 2. The number of ether oxygens (including phenoxy) is 1. The SMILES string of the molecule is CCc1ccccc1NC(=O)C[NH+]1CCN(C(=O)Cc2ccccc2OC)CC1. The van der Waals surface area contributed by atoms with Gasteiger partial charge in [0.25, 0.3) is 5.91 Å². The fourth-order valence-corrected chi connectivity index (χ4v) is 3.74. The minimum atomic E-state index is 0.0229. The van der Waals surface area contributed by atoms with E-state index in [4.69, 9.17) is 4.74 Å². The number of aryl methyl sites for hydroxylation is 1. The van der Waals surface area contributed by atoms with Crippen LogP contribution in [0.3, 0.4) is 0 Å². The van der Waals surface area contributed by atoms with Crippen molar-refractivity contribution in [1.82, 2.24) is 4.90 Å². The summed E-state index contributed by atoms with van der Waals surface area (Å²) in [7, 11) is 1.62. The Bertz CT molecular complexity index is 845. The molecule has 0 spiro atoms. The van der Waals surface area contributed by atoms with Gasteiger partial charge in [-0.2, -0.15) is 0 Å². The minimum Gasteiger partial charge on any atom is -0.496 e. The number of nitrogens with zero attached hydrogens (tertiary/aromatic N) is 1. The first-order valence-electron chi connectivity index (χ1n) is 10.2. The number of carbonyl (C=O) groups excluding carboxylic acids is 2. The second-order valence-electron chi connectivity index (χ2n) is 7.36. The van der Waals surface area contributed by atoms with Crippen LogP contribution in [-0.2, 0) is 22.4 Å². The van der Waals surface area contributed by atoms with Crippen LogP contribution in [-0.4, -0.2) is 56.5 Å². The van der Waals surface area contributed by atoms with E-state index in [9.17, 15) is 9.59 Å². The van der Waals surface area contributed by atoms with E-state index in [0.717, 1.165) is 42.1 Å². The average molecular weight is 397 g/mol. The molecule has 0 radical (unpaired) electrons. The lowest BCUT2D eigenvalue weighted by atomic mass is 10.1. The second-order valence-corrected chi connectivity index (χ2v) is 7.36. The molecule has 2 amide bonds. The maximum atomic E-state index is 12.7. The Kier molecular flexibility index (Phi) is 7.25. The first-order chi connectivity index (χ1) is 14.1. The van der Waals surface area contributed by atoms with Gasteiger partial charge in [-0.05, 0) is 24.1 Å². The Hall–Kier alpha value is -2.86. The zero-order valence-corrected chi connectivity index (χ0v) is 17.2. The first kappa shape index (κ1) is 20.9. The largest absolute Gasteiger partial charge is 0.496 e. The number of hydrogen-bond acceptors (Lipinski definition) is 3. The first-order valence-corrected chi connectivity index (χ1v) is 10.2. The Balaban J connectivity index is 1.47. The molecule has 0 aromatic heterocycles. The fraction of sp³-hybridized carbons (Fsp3) is 0.391. The number of amides is 2. The summed E-state index contributed by atoms with van der Waals surface area (Å²) in [6.45, 7) is 5.40. The molecule has 0 atom stereocenters. The molecule has 154 valence electrons. The van der Waals surface area contributed by atoms with Crippen molar-refractivity contribution in [2.24, 2.45) is 0 Å². The molecule has 6 heteroatoms. The number of piperazine rings is 1. The predicted molar refractivity (Wildman–Crippen MR) is 113 cm³/mol. The van der Waals surface area contributed by atoms with Crippen LogP contribution in [0.15, 0.2) is 48.5 Å². The van der Waals surface area contributed by atoms with Gasteiger partial charge in [-0.1, -0.05) is 43.3 Å². The fourth-order valence-electron chi connectivity index (χ4n) is 3.74. The smallest absolute Gasteiger partial charge is 0.279 e. The van der Waals surface area contributed by atoms with Crippen molar-refractivity contribution in [2.75, 3.05) is 45.2 Å². The van der Waals surface area contributed by atoms with E-state index in [0.29, 0.717) is 26.1 Å². The molecule has 1 aliphatic rings. The van der Waals surface area contributed by atoms with Crippen LogP contribution in [0, 0.1) is 0 Å². The molecular weight excluding hydrogens is 366 g/mol. The van der Waals surface area contributed by atoms with Gasteiger partial charge in [0.2, 0.25) is 5.91 Å². The van der Waals surface area contributed by atoms with Gasteiger partial charge >= 0.3 is 0 Å². The number of nitrogens with one attached hydrogen (secondary N) is 2. The highest BCUT2D eigenvalue weighted by atomic mass is 16.5. The van der Waals surface area contributed by atoms with Gasteiger partial charge < -0.3 is 19.9 Å². The standard InChI is InChI=1S/C23H29N3O3/c1-3-18-8-4-6-10-20(18)24-22(27)17-25-12-14-26(15-13-25)23(28)16-19-9-5-7-11-21(19)29-2/h4-11H,3,12-17H2,1-2H3,(H,24,27)/p+1. The van der Waals surface area contributed by atoms with E-state index in [1.807, 2.05) is 53.4 Å². The Morgan fingerprint density at radius 3 is 2.38 bits per heavy atom. The maximum Gasteiger partial charge on any atom is 0.279 e. The summed E-state index contributed by atoms with van der Waals surface area (Å²) in [4.78, 5) is 28.2. The molecule has 6 nitrogen and oxygen atoms in total. The number of hydrogen-bond donors (Lipinski definition) is 2. The lowest BCUT2D eigenvalue weighted by molar-refractivity contribution is -0.895. The molecule has 1 aliphatic heterocycles. The molecule has 29 heavy (non-hydrogen) atoms. The van der Waals surface area contributed by atoms with Crippen molar-refractivity contribution in [2.45, 2.75) is 19.8 Å². The molecule has 2 aromatic rings. The highest BCUT2D eigenvalue weighted by Crippen LogP contribution is 2.18. The number of methoxy groups -OCH3 is 1. The Labute approximate surface area is 172 Å². The second kappa shape index (κ2) is 10.1. The molecule has 1 saturated heterocycles. The summed E-state index contributed by atoms with van der Waals surface area (Å²) >= 11 is 0. The third-order valence-corrected chi connectivity index (χ3v) is 5.44. The minimum absolute atomic E-state index is 0.0229. The van der Waals surface area contributed by atoms with Gasteiger partial charge in [0.1, 0.15) is 5.75 Å². The quantitative estimate of drug-likeness (QED) is 0.739. The molecule has 1 fully saturated rings. The van der Waals surface area contributed by atoms with Crippen molar-refractivity contribution in [3.63, 3.8) is 0 Å². The van der Waals surface area contributed by atoms with Crippen LogP contribution in [0.1, 0.15) is 18.1 Å². The normalized spacial score (nSPS) is 14.5. The monoisotopic (exact) mass is 396 g/mol. The summed E-state index contributed by atoms with van der Waals surface area (Å²) in [5.41, 5.74) is 2.94. The Morgan fingerprint density at radius 2 is 1.69 bits per heavy atom. The summed E-state index contributed by atoms with van der Waals surface area (Å²) in [5.74, 6) is 0.874. The molecule has 1 heterocycles. The molecule has 2 aromatic carbocycles. The van der Waals surface area contributed by atoms with Crippen LogP contribution in [0.2, 0.25) is 0 Å². The summed E-state index contributed by atoms with van der Waals surface area (Å²) in [5, 5.41) is 3.03. The number of benzene rings is 2. The third-order valence-electron chi connectivity index (χ3n) is 5.44. The third kappa shape index (κ3) is 5.57. The average Bonchev–Trinajstić information content (AvgIpc) is 2.75. The number of anilines is 1. The lowest BCUT2D eigenvalue weighted by Gasteiger charge is -2.32. The van der Waals surface area contributed by atoms with Gasteiger partial charge in [0.15, 0.2) is 6.54 Å². The summed E-state index contributed by atoms with van der Waals surface area (Å²) < 4.78 is 5.34. The van der Waals surface area contributed by atoms with E-state index < -0.39 is 0 Å². The van der Waals surface area contributed by atoms with Crippen molar-refractivity contribution in [3.05, 3.63) is 59.7 Å². The van der Waals surface area contributed by atoms with Gasteiger partial charge in [-0.3, -0.25) is 9.59 Å². The van der Waals surface area contributed by atoms with Crippen molar-refractivity contribution in [3.8, 4) is 5.75 Å². The number of para-hydroxylation sites is 2. The van der Waals surface area contributed by atoms with E-state index in [-0.39, 0.29) is 11.8 Å². The van der Waals surface area contributed by atoms with Crippen LogP contribution in [0.4, 0.5) is 5.69 Å². The van der Waals surface area contributed by atoms with Crippen LogP contribution in [0.5, 0.6) is 5.75 Å². The van der Waals surface area contributed by atoms with E-state index >= 15 is 0 Å². The topological polar surface area (TPSA) is 63.1 Å². The zero-order valence-electron chi connectivity index (χ0n) is 17.2. The van der Waals surface area contributed by atoms with Crippen LogP contribution in [0.25, 0.3) is 0 Å². The van der Waals surface area contributed by atoms with E-state index in [1.165, 1.54) is 4.90 Å². The molecule has 0 saturated carbocycles. The van der Waals surface area contributed by atoms with Crippen LogP contribution < -0.4 is 15.0 Å². The van der Waals surface area contributed by atoms with Crippen molar-refractivity contribution >= 4 is 17.5 Å². The molecule has 0 bridgehead atoms.